The van der Waals surface area contributed by atoms with Crippen molar-refractivity contribution in [3.63, 3.8) is 0 Å². The van der Waals surface area contributed by atoms with Crippen molar-refractivity contribution in [1.29, 1.82) is 0 Å². The van der Waals surface area contributed by atoms with Crippen molar-refractivity contribution < 1.29 is 0 Å². The number of nitrogens with zero attached hydrogens (tertiary/aromatic N) is 1. The Morgan fingerprint density at radius 2 is 2.21 bits per heavy atom. The molecule has 2 rings (SSSR count). The fourth-order valence-corrected chi connectivity index (χ4v) is 1.33. The van der Waals surface area contributed by atoms with Crippen LogP contribution in [0.1, 0.15) is 5.56 Å². The molecule has 72 valence electrons. The Bertz CT molecular complexity index is 485. The lowest BCUT2D eigenvalue weighted by Crippen LogP contribution is -1.92. The standard InChI is InChI=1S/C9H10N4S/c1-6-3-2-4-7(5-6)10-8-11-9(14)13-12-8/h2-5H,1H3,(H3,10,11,12,13,14). The van der Waals surface area contributed by atoms with Crippen LogP contribution >= 0.6 is 12.2 Å². The summed E-state index contributed by atoms with van der Waals surface area (Å²) in [6, 6.07) is 8.03. The minimum Gasteiger partial charge on any atom is -0.325 e. The summed E-state index contributed by atoms with van der Waals surface area (Å²) in [4.78, 5) is 4.03. The first-order valence-corrected chi connectivity index (χ1v) is 4.63. The van der Waals surface area contributed by atoms with Crippen LogP contribution in [0.2, 0.25) is 0 Å². The highest BCUT2D eigenvalue weighted by molar-refractivity contribution is 7.71. The molecule has 0 spiro atoms. The summed E-state index contributed by atoms with van der Waals surface area (Å²) in [7, 11) is 0. The normalized spacial score (nSPS) is 10.1. The largest absolute Gasteiger partial charge is 0.325 e. The van der Waals surface area contributed by atoms with Gasteiger partial charge < -0.3 is 5.32 Å². The maximum absolute atomic E-state index is 4.84. The monoisotopic (exact) mass is 206 g/mol. The molecule has 14 heavy (non-hydrogen) atoms. The Kier molecular flexibility index (Phi) is 2.32. The fraction of sp³-hybridized carbons (Fsp3) is 0.111. The van der Waals surface area contributed by atoms with E-state index in [-0.39, 0.29) is 0 Å². The predicted octanol–water partition coefficient (Wildman–Crippen LogP) is 2.52. The molecule has 2 aromatic rings. The van der Waals surface area contributed by atoms with Crippen molar-refractivity contribution in [1.82, 2.24) is 15.2 Å². The highest BCUT2D eigenvalue weighted by atomic mass is 32.1. The van der Waals surface area contributed by atoms with Crippen molar-refractivity contribution >= 4 is 23.9 Å². The van der Waals surface area contributed by atoms with Crippen LogP contribution < -0.4 is 5.32 Å². The summed E-state index contributed by atoms with van der Waals surface area (Å²) in [5.41, 5.74) is 2.19. The number of nitrogens with one attached hydrogen (secondary N) is 3. The van der Waals surface area contributed by atoms with Gasteiger partial charge in [-0.25, -0.2) is 0 Å². The molecule has 0 aliphatic carbocycles. The molecule has 0 bridgehead atoms. The van der Waals surface area contributed by atoms with Crippen molar-refractivity contribution in [3.05, 3.63) is 34.6 Å². The SMILES string of the molecule is Cc1cccc(Nc2nc(=S)[nH][nH]2)c1. The Morgan fingerprint density at radius 3 is 2.86 bits per heavy atom. The minimum atomic E-state index is 0.445. The molecular formula is C9H10N4S. The second-order valence-electron chi connectivity index (χ2n) is 3.01. The van der Waals surface area contributed by atoms with E-state index in [1.807, 2.05) is 31.2 Å². The molecule has 1 aromatic carbocycles. The first-order valence-electron chi connectivity index (χ1n) is 4.22. The fourth-order valence-electron chi connectivity index (χ4n) is 1.19. The molecule has 0 fully saturated rings. The van der Waals surface area contributed by atoms with Crippen molar-refractivity contribution in [2.75, 3.05) is 5.32 Å². The summed E-state index contributed by atoms with van der Waals surface area (Å²) in [6.45, 7) is 2.04. The maximum atomic E-state index is 4.84. The zero-order valence-corrected chi connectivity index (χ0v) is 8.48. The van der Waals surface area contributed by atoms with Gasteiger partial charge in [0.2, 0.25) is 10.7 Å². The summed E-state index contributed by atoms with van der Waals surface area (Å²) in [6.07, 6.45) is 0. The number of hydrogen-bond donors (Lipinski definition) is 3. The molecule has 4 nitrogen and oxygen atoms in total. The second-order valence-corrected chi connectivity index (χ2v) is 3.40. The number of aromatic amines is 2. The number of benzene rings is 1. The zero-order valence-electron chi connectivity index (χ0n) is 7.66. The molecule has 0 saturated carbocycles. The molecule has 1 aromatic heterocycles. The molecule has 3 N–H and O–H groups in total. The zero-order chi connectivity index (χ0) is 9.97. The molecule has 0 saturated heterocycles. The van der Waals surface area contributed by atoms with Crippen LogP contribution in [0.15, 0.2) is 24.3 Å². The van der Waals surface area contributed by atoms with E-state index in [9.17, 15) is 0 Å². The van der Waals surface area contributed by atoms with Gasteiger partial charge in [-0.05, 0) is 36.8 Å². The summed E-state index contributed by atoms with van der Waals surface area (Å²) >= 11 is 4.84. The van der Waals surface area contributed by atoms with E-state index in [1.165, 1.54) is 5.56 Å². The predicted molar refractivity (Wildman–Crippen MR) is 58.2 cm³/mol. The summed E-state index contributed by atoms with van der Waals surface area (Å²) in [5, 5.41) is 8.64. The van der Waals surface area contributed by atoms with Crippen molar-refractivity contribution in [2.24, 2.45) is 0 Å². The lowest BCUT2D eigenvalue weighted by atomic mass is 10.2. The number of aromatic nitrogens is 3. The van der Waals surface area contributed by atoms with Gasteiger partial charge in [0.25, 0.3) is 0 Å². The lowest BCUT2D eigenvalue weighted by molar-refractivity contribution is 1.08. The molecule has 0 aliphatic heterocycles. The molecule has 0 amide bonds. The van der Waals surface area contributed by atoms with Gasteiger partial charge in [-0.15, -0.1) is 0 Å². The van der Waals surface area contributed by atoms with Crippen molar-refractivity contribution in [2.45, 2.75) is 6.92 Å². The number of anilines is 2. The third kappa shape index (κ3) is 2.00. The van der Waals surface area contributed by atoms with Gasteiger partial charge in [-0.2, -0.15) is 4.98 Å². The Hall–Kier alpha value is -1.62. The van der Waals surface area contributed by atoms with Crippen LogP contribution in [0, 0.1) is 11.7 Å². The number of aryl methyl sites for hydroxylation is 1. The average Bonchev–Trinajstić information content (AvgIpc) is 2.51. The lowest BCUT2D eigenvalue weighted by Gasteiger charge is -2.02. The van der Waals surface area contributed by atoms with Crippen LogP contribution in [-0.2, 0) is 0 Å². The molecule has 5 heteroatoms. The van der Waals surface area contributed by atoms with E-state index < -0.39 is 0 Å². The number of H-pyrrole nitrogens is 2. The number of rotatable bonds is 2. The van der Waals surface area contributed by atoms with Crippen molar-refractivity contribution in [3.8, 4) is 0 Å². The first-order chi connectivity index (χ1) is 6.74. The van der Waals surface area contributed by atoms with Gasteiger partial charge in [0, 0.05) is 5.69 Å². The molecule has 1 heterocycles. The number of hydrogen-bond acceptors (Lipinski definition) is 3. The molecule has 0 atom stereocenters. The van der Waals surface area contributed by atoms with Gasteiger partial charge >= 0.3 is 0 Å². The average molecular weight is 206 g/mol. The van der Waals surface area contributed by atoms with E-state index in [0.717, 1.165) is 5.69 Å². The molecule has 0 unspecified atom stereocenters. The Balaban J connectivity index is 2.22. The summed E-state index contributed by atoms with van der Waals surface area (Å²) in [5.74, 6) is 0.626. The first kappa shape index (κ1) is 8.96. The van der Waals surface area contributed by atoms with Gasteiger partial charge in [0.1, 0.15) is 0 Å². The van der Waals surface area contributed by atoms with Crippen LogP contribution in [0.3, 0.4) is 0 Å². The van der Waals surface area contributed by atoms with E-state index in [2.05, 4.69) is 20.5 Å². The highest BCUT2D eigenvalue weighted by Gasteiger charge is 1.96. The van der Waals surface area contributed by atoms with E-state index in [0.29, 0.717) is 10.7 Å². The van der Waals surface area contributed by atoms with Crippen LogP contribution in [0.5, 0.6) is 0 Å². The van der Waals surface area contributed by atoms with E-state index in [1.54, 1.807) is 0 Å². The quantitative estimate of drug-likeness (QED) is 0.662. The van der Waals surface area contributed by atoms with Crippen LogP contribution in [0.4, 0.5) is 11.6 Å². The topological polar surface area (TPSA) is 56.5 Å². The molecular weight excluding hydrogens is 196 g/mol. The van der Waals surface area contributed by atoms with Gasteiger partial charge in [0.15, 0.2) is 0 Å². The smallest absolute Gasteiger partial charge is 0.222 e. The van der Waals surface area contributed by atoms with Crippen LogP contribution in [-0.4, -0.2) is 15.2 Å². The van der Waals surface area contributed by atoms with Gasteiger partial charge in [-0.1, -0.05) is 12.1 Å². The highest BCUT2D eigenvalue weighted by Crippen LogP contribution is 2.13. The Morgan fingerprint density at radius 1 is 1.36 bits per heavy atom. The molecule has 0 radical (unpaired) electrons. The Labute approximate surface area is 86.4 Å². The third-order valence-electron chi connectivity index (χ3n) is 1.78. The third-order valence-corrected chi connectivity index (χ3v) is 1.98. The van der Waals surface area contributed by atoms with E-state index in [4.69, 9.17) is 12.2 Å². The summed E-state index contributed by atoms with van der Waals surface area (Å²) < 4.78 is 0.445. The van der Waals surface area contributed by atoms with Gasteiger partial charge in [0.05, 0.1) is 0 Å². The van der Waals surface area contributed by atoms with E-state index >= 15 is 0 Å². The molecule has 0 aliphatic rings. The second kappa shape index (κ2) is 3.63. The minimum absolute atomic E-state index is 0.445. The van der Waals surface area contributed by atoms with Gasteiger partial charge in [-0.3, -0.25) is 10.2 Å². The maximum Gasteiger partial charge on any atom is 0.222 e. The van der Waals surface area contributed by atoms with Crippen LogP contribution in [0.25, 0.3) is 0 Å².